The van der Waals surface area contributed by atoms with E-state index in [1.165, 1.54) is 0 Å². The summed E-state index contributed by atoms with van der Waals surface area (Å²) in [7, 11) is 0. The Bertz CT molecular complexity index is 747. The van der Waals surface area contributed by atoms with Crippen LogP contribution < -0.4 is 0 Å². The molecule has 4 nitrogen and oxygen atoms in total. The summed E-state index contributed by atoms with van der Waals surface area (Å²) in [6.45, 7) is 1.96. The van der Waals surface area contributed by atoms with E-state index >= 15 is 0 Å². The number of nitrogens with one attached hydrogen (secondary N) is 1. The van der Waals surface area contributed by atoms with Crippen LogP contribution in [0.5, 0.6) is 0 Å². The molecule has 0 spiro atoms. The van der Waals surface area contributed by atoms with Crippen molar-refractivity contribution < 1.29 is 4.79 Å². The largest absolute Gasteiger partial charge is 0.287 e. The van der Waals surface area contributed by atoms with E-state index in [4.69, 9.17) is 0 Å². The van der Waals surface area contributed by atoms with Crippen molar-refractivity contribution >= 4 is 5.78 Å². The zero-order valence-electron chi connectivity index (χ0n) is 11.0. The lowest BCUT2D eigenvalue weighted by Gasteiger charge is -2.02. The van der Waals surface area contributed by atoms with Crippen molar-refractivity contribution in [3.63, 3.8) is 0 Å². The molecular weight excluding hydrogens is 250 g/mol. The van der Waals surface area contributed by atoms with Gasteiger partial charge < -0.3 is 0 Å². The number of hydrogen-bond acceptors (Lipinski definition) is 3. The highest BCUT2D eigenvalue weighted by atomic mass is 16.1. The number of benzene rings is 2. The zero-order chi connectivity index (χ0) is 13.9. The molecule has 1 heterocycles. The van der Waals surface area contributed by atoms with Crippen LogP contribution in [-0.4, -0.2) is 21.2 Å². The van der Waals surface area contributed by atoms with Crippen molar-refractivity contribution in [3.05, 3.63) is 71.4 Å². The first-order chi connectivity index (χ1) is 9.75. The van der Waals surface area contributed by atoms with E-state index in [9.17, 15) is 4.79 Å². The second kappa shape index (κ2) is 5.09. The smallest absolute Gasteiger partial charge is 0.215 e. The molecule has 0 unspecified atom stereocenters. The number of carbonyl (C=O) groups excluding carboxylic acids is 1. The Hall–Kier alpha value is -2.75. The van der Waals surface area contributed by atoms with Crippen LogP contribution in [0.3, 0.4) is 0 Å². The molecule has 1 N–H and O–H groups in total. The highest BCUT2D eigenvalue weighted by Gasteiger charge is 2.19. The molecular formula is C16H13N3O. The lowest BCUT2D eigenvalue weighted by molar-refractivity contribution is 0.103. The number of rotatable bonds is 3. The Kier molecular flexibility index (Phi) is 3.13. The Labute approximate surface area is 116 Å². The van der Waals surface area contributed by atoms with Crippen molar-refractivity contribution in [1.82, 2.24) is 15.4 Å². The third kappa shape index (κ3) is 2.23. The molecule has 20 heavy (non-hydrogen) atoms. The van der Waals surface area contributed by atoms with Gasteiger partial charge in [-0.2, -0.15) is 15.4 Å². The van der Waals surface area contributed by atoms with Gasteiger partial charge in [-0.1, -0.05) is 54.1 Å². The quantitative estimate of drug-likeness (QED) is 0.739. The van der Waals surface area contributed by atoms with Crippen LogP contribution in [0.2, 0.25) is 0 Å². The van der Waals surface area contributed by atoms with Gasteiger partial charge in [0.1, 0.15) is 5.69 Å². The molecule has 3 aromatic rings. The highest BCUT2D eigenvalue weighted by Crippen LogP contribution is 2.21. The molecule has 0 aliphatic rings. The van der Waals surface area contributed by atoms with Gasteiger partial charge in [0, 0.05) is 11.1 Å². The average Bonchev–Trinajstić information content (AvgIpc) is 2.97. The summed E-state index contributed by atoms with van der Waals surface area (Å²) < 4.78 is 0. The van der Waals surface area contributed by atoms with Gasteiger partial charge in [-0.15, -0.1) is 0 Å². The van der Waals surface area contributed by atoms with Gasteiger partial charge in [0.15, 0.2) is 5.69 Å². The van der Waals surface area contributed by atoms with E-state index in [0.717, 1.165) is 11.1 Å². The number of aromatic amines is 1. The Balaban J connectivity index is 2.04. The first kappa shape index (κ1) is 12.3. The highest BCUT2D eigenvalue weighted by molar-refractivity contribution is 6.10. The molecule has 0 radical (unpaired) electrons. The van der Waals surface area contributed by atoms with Crippen molar-refractivity contribution in [2.24, 2.45) is 0 Å². The third-order valence-corrected chi connectivity index (χ3v) is 3.09. The SMILES string of the molecule is Cc1cccc(C(=O)c2n[nH]nc2-c2ccccc2)c1. The maximum absolute atomic E-state index is 12.5. The Morgan fingerprint density at radius 1 is 1.00 bits per heavy atom. The molecule has 0 bridgehead atoms. The maximum atomic E-state index is 12.5. The summed E-state index contributed by atoms with van der Waals surface area (Å²) >= 11 is 0. The monoisotopic (exact) mass is 263 g/mol. The molecule has 0 atom stereocenters. The van der Waals surface area contributed by atoms with Crippen molar-refractivity contribution in [1.29, 1.82) is 0 Å². The normalized spacial score (nSPS) is 10.4. The van der Waals surface area contributed by atoms with Crippen LogP contribution in [0.4, 0.5) is 0 Å². The van der Waals surface area contributed by atoms with Gasteiger partial charge in [-0.3, -0.25) is 4.79 Å². The molecule has 0 amide bonds. The first-order valence-electron chi connectivity index (χ1n) is 6.33. The van der Waals surface area contributed by atoms with E-state index in [1.54, 1.807) is 6.07 Å². The number of nitrogens with zero attached hydrogens (tertiary/aromatic N) is 2. The standard InChI is InChI=1S/C16H13N3O/c1-11-6-5-9-13(10-11)16(20)15-14(17-19-18-15)12-7-3-2-4-8-12/h2-10H,1H3,(H,17,18,19). The Morgan fingerprint density at radius 3 is 2.55 bits per heavy atom. The molecule has 2 aromatic carbocycles. The minimum atomic E-state index is -0.124. The number of carbonyl (C=O) groups is 1. The number of aryl methyl sites for hydroxylation is 1. The van der Waals surface area contributed by atoms with Gasteiger partial charge in [0.05, 0.1) is 0 Å². The van der Waals surface area contributed by atoms with Gasteiger partial charge >= 0.3 is 0 Å². The fourth-order valence-electron chi connectivity index (χ4n) is 2.11. The second-order valence-electron chi connectivity index (χ2n) is 4.59. The van der Waals surface area contributed by atoms with Crippen molar-refractivity contribution in [2.75, 3.05) is 0 Å². The van der Waals surface area contributed by atoms with Crippen molar-refractivity contribution in [3.8, 4) is 11.3 Å². The van der Waals surface area contributed by atoms with E-state index in [-0.39, 0.29) is 5.78 Å². The van der Waals surface area contributed by atoms with Gasteiger partial charge in [-0.05, 0) is 13.0 Å². The average molecular weight is 263 g/mol. The third-order valence-electron chi connectivity index (χ3n) is 3.09. The minimum Gasteiger partial charge on any atom is -0.287 e. The van der Waals surface area contributed by atoms with E-state index in [0.29, 0.717) is 17.0 Å². The fourth-order valence-corrected chi connectivity index (χ4v) is 2.11. The number of hydrogen-bond donors (Lipinski definition) is 1. The van der Waals surface area contributed by atoms with Crippen LogP contribution in [0, 0.1) is 6.92 Å². The number of H-pyrrole nitrogens is 1. The topological polar surface area (TPSA) is 58.6 Å². The summed E-state index contributed by atoms with van der Waals surface area (Å²) in [5.74, 6) is -0.124. The van der Waals surface area contributed by atoms with Crippen LogP contribution in [0.1, 0.15) is 21.6 Å². The summed E-state index contributed by atoms with van der Waals surface area (Å²) in [5.41, 5.74) is 3.47. The molecule has 3 rings (SSSR count). The summed E-state index contributed by atoms with van der Waals surface area (Å²) in [5, 5.41) is 10.7. The van der Waals surface area contributed by atoms with Gasteiger partial charge in [0.25, 0.3) is 0 Å². The maximum Gasteiger partial charge on any atom is 0.215 e. The summed E-state index contributed by atoms with van der Waals surface area (Å²) in [6, 6.07) is 17.0. The van der Waals surface area contributed by atoms with Gasteiger partial charge in [0.2, 0.25) is 5.78 Å². The molecule has 0 saturated carbocycles. The first-order valence-corrected chi connectivity index (χ1v) is 6.33. The predicted octanol–water partition coefficient (Wildman–Crippen LogP) is 3.01. The van der Waals surface area contributed by atoms with E-state index < -0.39 is 0 Å². The molecule has 0 fully saturated rings. The molecule has 98 valence electrons. The molecule has 0 aliphatic heterocycles. The van der Waals surface area contributed by atoms with Crippen LogP contribution in [-0.2, 0) is 0 Å². The van der Waals surface area contributed by atoms with Crippen LogP contribution in [0.25, 0.3) is 11.3 Å². The minimum absolute atomic E-state index is 0.124. The van der Waals surface area contributed by atoms with Gasteiger partial charge in [-0.25, -0.2) is 0 Å². The lowest BCUT2D eigenvalue weighted by atomic mass is 10.0. The molecule has 4 heteroatoms. The van der Waals surface area contributed by atoms with Crippen molar-refractivity contribution in [2.45, 2.75) is 6.92 Å². The molecule has 1 aromatic heterocycles. The van der Waals surface area contributed by atoms with Crippen LogP contribution >= 0.6 is 0 Å². The van der Waals surface area contributed by atoms with E-state index in [1.807, 2.05) is 55.5 Å². The number of ketones is 1. The zero-order valence-corrected chi connectivity index (χ0v) is 11.0. The molecule has 0 aliphatic carbocycles. The van der Waals surface area contributed by atoms with E-state index in [2.05, 4.69) is 15.4 Å². The predicted molar refractivity (Wildman–Crippen MR) is 76.4 cm³/mol. The second-order valence-corrected chi connectivity index (χ2v) is 4.59. The summed E-state index contributed by atoms with van der Waals surface area (Å²) in [4.78, 5) is 12.5. The van der Waals surface area contributed by atoms with Crippen LogP contribution in [0.15, 0.2) is 54.6 Å². The lowest BCUT2D eigenvalue weighted by Crippen LogP contribution is -2.04. The summed E-state index contributed by atoms with van der Waals surface area (Å²) in [6.07, 6.45) is 0. The fraction of sp³-hybridized carbons (Fsp3) is 0.0625. The Morgan fingerprint density at radius 2 is 1.80 bits per heavy atom. The number of aromatic nitrogens is 3. The molecule has 0 saturated heterocycles.